The van der Waals surface area contributed by atoms with Crippen molar-refractivity contribution in [3.05, 3.63) is 73.1 Å². The van der Waals surface area contributed by atoms with Crippen molar-refractivity contribution in [2.45, 2.75) is 13.0 Å². The first-order valence-corrected chi connectivity index (χ1v) is 9.35. The highest BCUT2D eigenvalue weighted by atomic mass is 32.1. The number of nitrogens with zero attached hydrogens (tertiary/aromatic N) is 2. The number of rotatable bonds is 5. The van der Waals surface area contributed by atoms with Gasteiger partial charge in [0.2, 0.25) is 0 Å². The summed E-state index contributed by atoms with van der Waals surface area (Å²) in [6, 6.07) is 18.8. The van der Waals surface area contributed by atoms with E-state index in [-0.39, 0.29) is 5.91 Å². The van der Waals surface area contributed by atoms with Crippen LogP contribution in [-0.4, -0.2) is 22.0 Å². The van der Waals surface area contributed by atoms with Gasteiger partial charge in [-0.2, -0.15) is 0 Å². The molecule has 1 amide bonds. The first-order chi connectivity index (χ1) is 13.2. The predicted octanol–water partition coefficient (Wildman–Crippen LogP) is 4.76. The van der Waals surface area contributed by atoms with Gasteiger partial charge in [0.25, 0.3) is 5.91 Å². The zero-order chi connectivity index (χ0) is 18.6. The van der Waals surface area contributed by atoms with Crippen molar-refractivity contribution < 1.29 is 9.53 Å². The fraction of sp³-hybridized carbons (Fsp3) is 0.0952. The summed E-state index contributed by atoms with van der Waals surface area (Å²) in [6.45, 7) is 1.73. The Labute approximate surface area is 160 Å². The van der Waals surface area contributed by atoms with Crippen molar-refractivity contribution in [2.24, 2.45) is 0 Å². The number of benzene rings is 2. The molecule has 0 aliphatic carbocycles. The molecule has 1 atom stereocenters. The van der Waals surface area contributed by atoms with Crippen molar-refractivity contribution in [3.63, 3.8) is 0 Å². The molecule has 0 bridgehead atoms. The number of pyridine rings is 1. The molecule has 1 unspecified atom stereocenters. The van der Waals surface area contributed by atoms with Crippen molar-refractivity contribution >= 4 is 33.1 Å². The lowest BCUT2D eigenvalue weighted by Gasteiger charge is -2.16. The molecule has 134 valence electrons. The molecule has 5 nitrogen and oxygen atoms in total. The van der Waals surface area contributed by atoms with E-state index < -0.39 is 6.10 Å². The molecule has 6 heteroatoms. The van der Waals surface area contributed by atoms with Crippen LogP contribution in [0, 0.1) is 0 Å². The molecule has 4 aromatic rings. The van der Waals surface area contributed by atoms with Crippen LogP contribution in [0.4, 0.5) is 5.69 Å². The van der Waals surface area contributed by atoms with Gasteiger partial charge in [-0.3, -0.25) is 9.78 Å². The van der Waals surface area contributed by atoms with E-state index in [0.29, 0.717) is 11.4 Å². The van der Waals surface area contributed by atoms with Gasteiger partial charge < -0.3 is 10.1 Å². The number of aromatic nitrogens is 2. The Morgan fingerprint density at radius 3 is 2.67 bits per heavy atom. The quantitative estimate of drug-likeness (QED) is 0.546. The van der Waals surface area contributed by atoms with Crippen molar-refractivity contribution in [1.82, 2.24) is 9.97 Å². The number of thiazole rings is 1. The first-order valence-electron chi connectivity index (χ1n) is 8.53. The number of anilines is 1. The van der Waals surface area contributed by atoms with E-state index in [2.05, 4.69) is 15.3 Å². The number of para-hydroxylation sites is 2. The van der Waals surface area contributed by atoms with Gasteiger partial charge in [0.1, 0.15) is 10.8 Å². The Bertz CT molecular complexity index is 1050. The number of nitrogens with one attached hydrogen (secondary N) is 1. The lowest BCUT2D eigenvalue weighted by atomic mass is 10.2. The molecule has 2 aromatic carbocycles. The zero-order valence-corrected chi connectivity index (χ0v) is 15.4. The standard InChI is InChI=1S/C21H17N3O2S/c1-14(26-15-7-3-2-4-8-15)20(25)23-17-10-6-5-9-16(17)21-24-18-11-12-22-13-19(18)27-21/h2-14H,1H3,(H,23,25). The maximum absolute atomic E-state index is 12.6. The van der Waals surface area contributed by atoms with E-state index in [0.717, 1.165) is 20.8 Å². The van der Waals surface area contributed by atoms with Crippen LogP contribution >= 0.6 is 11.3 Å². The summed E-state index contributed by atoms with van der Waals surface area (Å²) in [6.07, 6.45) is 2.90. The van der Waals surface area contributed by atoms with E-state index in [9.17, 15) is 4.79 Å². The Morgan fingerprint density at radius 1 is 1.07 bits per heavy atom. The number of hydrogen-bond donors (Lipinski definition) is 1. The second kappa shape index (κ2) is 7.55. The minimum atomic E-state index is -0.625. The molecule has 0 radical (unpaired) electrons. The van der Waals surface area contributed by atoms with Gasteiger partial charge in [-0.25, -0.2) is 4.98 Å². The molecule has 0 spiro atoms. The minimum absolute atomic E-state index is 0.214. The second-order valence-corrected chi connectivity index (χ2v) is 7.00. The Kier molecular flexibility index (Phi) is 4.80. The van der Waals surface area contributed by atoms with Crippen LogP contribution in [0.5, 0.6) is 5.75 Å². The van der Waals surface area contributed by atoms with Crippen LogP contribution in [0.15, 0.2) is 73.1 Å². The highest BCUT2D eigenvalue weighted by Gasteiger charge is 2.18. The molecule has 2 heterocycles. The third-order valence-corrected chi connectivity index (χ3v) is 5.07. The van der Waals surface area contributed by atoms with Crippen LogP contribution in [0.1, 0.15) is 6.92 Å². The molecular formula is C21H17N3O2S. The summed E-state index contributed by atoms with van der Waals surface area (Å²) < 4.78 is 6.72. The van der Waals surface area contributed by atoms with Crippen LogP contribution in [0.25, 0.3) is 20.8 Å². The van der Waals surface area contributed by atoms with Crippen LogP contribution in [0.3, 0.4) is 0 Å². The van der Waals surface area contributed by atoms with Gasteiger partial charge in [-0.1, -0.05) is 30.3 Å². The third kappa shape index (κ3) is 3.80. The molecule has 2 aromatic heterocycles. The largest absolute Gasteiger partial charge is 0.481 e. The van der Waals surface area contributed by atoms with Gasteiger partial charge in [0.05, 0.1) is 15.9 Å². The van der Waals surface area contributed by atoms with Crippen LogP contribution < -0.4 is 10.1 Å². The normalized spacial score (nSPS) is 11.9. The highest BCUT2D eigenvalue weighted by molar-refractivity contribution is 7.21. The molecule has 0 fully saturated rings. The smallest absolute Gasteiger partial charge is 0.265 e. The summed E-state index contributed by atoms with van der Waals surface area (Å²) >= 11 is 1.55. The van der Waals surface area contributed by atoms with Crippen LogP contribution in [0.2, 0.25) is 0 Å². The van der Waals surface area contributed by atoms with Gasteiger partial charge >= 0.3 is 0 Å². The lowest BCUT2D eigenvalue weighted by molar-refractivity contribution is -0.122. The third-order valence-electron chi connectivity index (χ3n) is 4.03. The predicted molar refractivity (Wildman–Crippen MR) is 108 cm³/mol. The summed E-state index contributed by atoms with van der Waals surface area (Å²) in [7, 11) is 0. The Morgan fingerprint density at radius 2 is 1.85 bits per heavy atom. The van der Waals surface area contributed by atoms with Crippen molar-refractivity contribution in [3.8, 4) is 16.3 Å². The molecule has 4 rings (SSSR count). The number of fused-ring (bicyclic) bond motifs is 1. The maximum Gasteiger partial charge on any atom is 0.265 e. The Hall–Kier alpha value is -3.25. The number of ether oxygens (including phenoxy) is 1. The SMILES string of the molecule is CC(Oc1ccccc1)C(=O)Nc1ccccc1-c1nc2ccncc2s1. The minimum Gasteiger partial charge on any atom is -0.481 e. The maximum atomic E-state index is 12.6. The van der Waals surface area contributed by atoms with Gasteiger partial charge in [0, 0.05) is 18.0 Å². The van der Waals surface area contributed by atoms with E-state index in [4.69, 9.17) is 4.74 Å². The van der Waals surface area contributed by atoms with Crippen molar-refractivity contribution in [2.75, 3.05) is 5.32 Å². The summed E-state index contributed by atoms with van der Waals surface area (Å²) in [5.74, 6) is 0.446. The summed E-state index contributed by atoms with van der Waals surface area (Å²) in [5.41, 5.74) is 2.48. The average molecular weight is 375 g/mol. The molecule has 1 N–H and O–H groups in total. The van der Waals surface area contributed by atoms with E-state index >= 15 is 0 Å². The number of carbonyl (C=O) groups excluding carboxylic acids is 1. The molecule has 27 heavy (non-hydrogen) atoms. The average Bonchev–Trinajstić information content (AvgIpc) is 3.13. The Balaban J connectivity index is 1.56. The summed E-state index contributed by atoms with van der Waals surface area (Å²) in [4.78, 5) is 21.4. The van der Waals surface area contributed by atoms with Gasteiger partial charge in [-0.05, 0) is 37.3 Å². The number of hydrogen-bond acceptors (Lipinski definition) is 5. The van der Waals surface area contributed by atoms with Gasteiger partial charge in [0.15, 0.2) is 6.10 Å². The molecule has 0 aliphatic rings. The number of carbonyl (C=O) groups is 1. The monoisotopic (exact) mass is 375 g/mol. The highest BCUT2D eigenvalue weighted by Crippen LogP contribution is 2.34. The molecular weight excluding hydrogens is 358 g/mol. The van der Waals surface area contributed by atoms with E-state index in [1.807, 2.05) is 60.7 Å². The number of amides is 1. The van der Waals surface area contributed by atoms with E-state index in [1.165, 1.54) is 0 Å². The topological polar surface area (TPSA) is 64.1 Å². The van der Waals surface area contributed by atoms with Crippen molar-refractivity contribution in [1.29, 1.82) is 0 Å². The van der Waals surface area contributed by atoms with Gasteiger partial charge in [-0.15, -0.1) is 11.3 Å². The molecule has 0 saturated carbocycles. The van der Waals surface area contributed by atoms with Crippen LogP contribution in [-0.2, 0) is 4.79 Å². The molecule has 0 aliphatic heterocycles. The zero-order valence-electron chi connectivity index (χ0n) is 14.6. The molecule has 0 saturated heterocycles. The lowest BCUT2D eigenvalue weighted by Crippen LogP contribution is -2.30. The summed E-state index contributed by atoms with van der Waals surface area (Å²) in [5, 5.41) is 3.80. The fourth-order valence-electron chi connectivity index (χ4n) is 2.66. The van der Waals surface area contributed by atoms with E-state index in [1.54, 1.807) is 30.7 Å². The second-order valence-electron chi connectivity index (χ2n) is 5.97. The fourth-order valence-corrected chi connectivity index (χ4v) is 3.64. The first kappa shape index (κ1) is 17.2.